The zero-order valence-corrected chi connectivity index (χ0v) is 68.8. The minimum absolute atomic E-state index is 0.000608. The maximum atomic E-state index is 14.8. The summed E-state index contributed by atoms with van der Waals surface area (Å²) in [7, 11) is 0. The number of nitrogens with zero attached hydrogens (tertiary/aromatic N) is 2. The number of carboxylic acids is 4. The van der Waals surface area contributed by atoms with E-state index in [-0.39, 0.29) is 101 Å². The number of primary amides is 3. The van der Waals surface area contributed by atoms with Crippen LogP contribution in [-0.4, -0.2) is 293 Å². The first-order chi connectivity index (χ1) is 57.1. The van der Waals surface area contributed by atoms with Crippen molar-refractivity contribution in [2.75, 3.05) is 31.9 Å². The molecule has 48 nitrogen and oxygen atoms in total. The highest BCUT2D eigenvalue weighted by Gasteiger charge is 2.44. The number of aromatic hydroxyl groups is 1. The fourth-order valence-corrected chi connectivity index (χ4v) is 13.1. The Balaban J connectivity index is 1.89. The van der Waals surface area contributed by atoms with Crippen LogP contribution in [0.5, 0.6) is 5.75 Å². The molecule has 0 radical (unpaired) electrons. The van der Waals surface area contributed by atoms with Gasteiger partial charge in [0, 0.05) is 44.6 Å². The number of rotatable bonds is 54. The molecular formula is C73H113N21O27S. The Morgan fingerprint density at radius 2 is 0.869 bits per heavy atom. The van der Waals surface area contributed by atoms with Crippen LogP contribution in [-0.2, 0) is 107 Å². The smallest absolute Gasteiger partial charge is 0.326 e. The molecular weight excluding hydrogens is 1630 g/mol. The molecule has 0 saturated carbocycles. The zero-order valence-electron chi connectivity index (χ0n) is 67.9. The Kier molecular flexibility index (Phi) is 43.4. The van der Waals surface area contributed by atoms with Gasteiger partial charge in [-0.25, -0.2) is 4.79 Å². The lowest BCUT2D eigenvalue weighted by molar-refractivity contribution is -0.144. The molecule has 15 atom stereocenters. The molecule has 0 aromatic heterocycles. The predicted octanol–water partition coefficient (Wildman–Crippen LogP) is -9.34. The standard InChI is InChI=1S/C73H113N21O27S/c1-33(2)25-43(87-66(114)48(32-122)82-54(100)31-81-59(107)38(74)27-36-12-14-37(96)15-13-36)64(112)89-45(26-34(3)4)70(118)93-23-7-10-49(93)67(115)84-39(9-6-22-80-73(78)79)60(108)90-46(28-52(76)98)71(119)94-24-8-11-50(94)68(116)85-42(18-21-56(103)104)63(111)92-58(35(5)95)69(117)86-41(17-20-55(101)102)61(109)88-44(30-57(105)106)65(113)83-40(16-19-51(75)97)62(110)91-47(72(120)121)29-53(77)99/h12-15,33-35,38-50,58,95-96,122H,6-11,16-32,74H2,1-5H3,(H2,75,97)(H2,76,98)(H2,77,99)(H,81,107)(H,82,100)(H,83,113)(H,84,115)(H,85,116)(H,86,117)(H,87,114)(H,88,109)(H,89,112)(H,90,108)(H,91,110)(H,92,111)(H,101,102)(H,103,104)(H,105,106)(H,120,121)(H4,78,79,80)/t35-,38+,39+,40+,41+,42+,43+,44+,45+,46+,47+,48+,49+,50+,58+/m1/s1. The van der Waals surface area contributed by atoms with Crippen LogP contribution in [0.2, 0.25) is 0 Å². The number of likely N-dealkylation sites (tertiary alicyclic amines) is 2. The number of hydrogen-bond donors (Lipinski definition) is 26. The Bertz CT molecular complexity index is 3970. The van der Waals surface area contributed by atoms with Crippen molar-refractivity contribution in [1.82, 2.24) is 78.9 Å². The second kappa shape index (κ2) is 51.1. The third-order valence-corrected chi connectivity index (χ3v) is 19.3. The number of carbonyl (C=O) groups is 21. The number of phenolic OH excluding ortho intramolecular Hbond substituents is 1. The van der Waals surface area contributed by atoms with Crippen LogP contribution in [0, 0.1) is 17.2 Å². The summed E-state index contributed by atoms with van der Waals surface area (Å²) in [5.74, 6) is -27.0. The van der Waals surface area contributed by atoms with E-state index >= 15 is 0 Å². The topological polar surface area (TPSA) is 797 Å². The summed E-state index contributed by atoms with van der Waals surface area (Å²) < 4.78 is 0. The Morgan fingerprint density at radius 1 is 0.459 bits per heavy atom. The van der Waals surface area contributed by atoms with E-state index < -0.39 is 285 Å². The second-order valence-corrected chi connectivity index (χ2v) is 30.4. The summed E-state index contributed by atoms with van der Waals surface area (Å²) in [6.45, 7) is 6.95. The quantitative estimate of drug-likeness (QED) is 0.0125. The first-order valence-electron chi connectivity index (χ1n) is 39.0. The predicted molar refractivity (Wildman–Crippen MR) is 427 cm³/mol. The van der Waals surface area contributed by atoms with Gasteiger partial charge in [-0.1, -0.05) is 39.8 Å². The van der Waals surface area contributed by atoms with Crippen LogP contribution in [0.1, 0.15) is 149 Å². The van der Waals surface area contributed by atoms with Crippen LogP contribution in [0.25, 0.3) is 0 Å². The molecule has 2 aliphatic rings. The number of benzene rings is 1. The van der Waals surface area contributed by atoms with Crippen LogP contribution in [0.3, 0.4) is 0 Å². The number of amides is 17. The third kappa shape index (κ3) is 36.6. The summed E-state index contributed by atoms with van der Waals surface area (Å²) in [6, 6.07) is -18.1. The summed E-state index contributed by atoms with van der Waals surface area (Å²) in [5, 5.41) is 96.9. The van der Waals surface area contributed by atoms with Gasteiger partial charge in [0.05, 0.1) is 38.0 Å². The van der Waals surface area contributed by atoms with Crippen molar-refractivity contribution in [2.24, 2.45) is 40.5 Å². The summed E-state index contributed by atoms with van der Waals surface area (Å²) >= 11 is 4.23. The molecule has 2 heterocycles. The Hall–Kier alpha value is -12.6. The molecule has 2 aliphatic heterocycles. The average Bonchev–Trinajstić information content (AvgIpc) is 1.64. The van der Waals surface area contributed by atoms with Gasteiger partial charge in [-0.15, -0.1) is 0 Å². The number of aliphatic carboxylic acids is 4. The lowest BCUT2D eigenvalue weighted by Gasteiger charge is -2.32. The summed E-state index contributed by atoms with van der Waals surface area (Å²) in [5.41, 5.74) is 28.0. The summed E-state index contributed by atoms with van der Waals surface area (Å²) in [4.78, 5) is 282. The number of hydrogen-bond acceptors (Lipinski definition) is 26. The van der Waals surface area contributed by atoms with Crippen LogP contribution in [0.15, 0.2) is 24.3 Å². The monoisotopic (exact) mass is 1750 g/mol. The van der Waals surface area contributed by atoms with Gasteiger partial charge in [0.2, 0.25) is 100 Å². The number of carbonyl (C=O) groups excluding carboxylic acids is 17. The van der Waals surface area contributed by atoms with Crippen LogP contribution >= 0.6 is 12.6 Å². The van der Waals surface area contributed by atoms with E-state index in [0.717, 1.165) is 11.8 Å². The summed E-state index contributed by atoms with van der Waals surface area (Å²) in [6.07, 6.45) is -10.3. The minimum Gasteiger partial charge on any atom is -0.508 e. The van der Waals surface area contributed by atoms with Gasteiger partial charge in [0.15, 0.2) is 5.96 Å². The first-order valence-corrected chi connectivity index (χ1v) is 39.6. The highest BCUT2D eigenvalue weighted by molar-refractivity contribution is 7.80. The lowest BCUT2D eigenvalue weighted by Crippen LogP contribution is -2.62. The van der Waals surface area contributed by atoms with Crippen LogP contribution < -0.4 is 97.8 Å². The first kappa shape index (κ1) is 104. The number of carboxylic acid groups (broad SMARTS) is 4. The Labute approximate surface area is 704 Å². The number of nitrogens with two attached hydrogens (primary N) is 5. The van der Waals surface area contributed by atoms with Crippen molar-refractivity contribution in [2.45, 2.75) is 241 Å². The molecule has 0 aliphatic carbocycles. The fraction of sp³-hybridized carbons (Fsp3) is 0.616. The highest BCUT2D eigenvalue weighted by atomic mass is 32.1. The van der Waals surface area contributed by atoms with Gasteiger partial charge < -0.3 is 138 Å². The van der Waals surface area contributed by atoms with Crippen LogP contribution in [0.4, 0.5) is 0 Å². The molecule has 3 rings (SSSR count). The number of nitrogens with one attached hydrogen (secondary N) is 14. The minimum atomic E-state index is -2.25. The number of phenols is 1. The van der Waals surface area contributed by atoms with E-state index in [1.54, 1.807) is 39.8 Å². The maximum Gasteiger partial charge on any atom is 0.326 e. The number of aliphatic hydroxyl groups is 1. The molecule has 1 aromatic carbocycles. The van der Waals surface area contributed by atoms with E-state index in [9.17, 15) is 131 Å². The van der Waals surface area contributed by atoms with Gasteiger partial charge in [-0.2, -0.15) is 12.6 Å². The SMILES string of the molecule is CC(C)C[C@H](NC(=O)[C@H](CS)NC(=O)CNC(=O)[C@@H](N)Cc1ccc(O)cc1)C(=O)N[C@@H](CC(C)C)C(=O)N1CCC[C@H]1C(=O)N[C@@H](CCCNC(=N)N)C(=O)N[C@@H](CC(N)=O)C(=O)N1CCC[C@H]1C(=O)N[C@@H](CCC(=O)O)C(=O)N[C@H](C(=O)N[C@@H](CCC(=O)O)C(=O)N[C@@H](CC(=O)O)C(=O)N[C@@H](CCC(N)=O)C(=O)N[C@@H](CC(N)=O)C(=O)O)[C@@H](C)O. The average molecular weight is 1750 g/mol. The highest BCUT2D eigenvalue weighted by Crippen LogP contribution is 2.24. The third-order valence-electron chi connectivity index (χ3n) is 18.9. The molecule has 0 unspecified atom stereocenters. The number of aliphatic hydroxyl groups excluding tert-OH is 1. The molecule has 30 N–H and O–H groups in total. The largest absolute Gasteiger partial charge is 0.508 e. The van der Waals surface area contributed by atoms with E-state index in [1.165, 1.54) is 17.0 Å². The molecule has 678 valence electrons. The van der Waals surface area contributed by atoms with Crippen molar-refractivity contribution in [3.05, 3.63) is 29.8 Å². The van der Waals surface area contributed by atoms with Gasteiger partial charge >= 0.3 is 23.9 Å². The molecule has 49 heteroatoms. The van der Waals surface area contributed by atoms with Crippen molar-refractivity contribution < 1.29 is 131 Å². The molecule has 122 heavy (non-hydrogen) atoms. The molecule has 2 fully saturated rings. The fourth-order valence-electron chi connectivity index (χ4n) is 12.8. The molecule has 17 amide bonds. The maximum absolute atomic E-state index is 14.8. The van der Waals surface area contributed by atoms with E-state index in [4.69, 9.17) is 34.1 Å². The number of thiol groups is 1. The lowest BCUT2D eigenvalue weighted by atomic mass is 9.99. The van der Waals surface area contributed by atoms with E-state index in [1.807, 2.05) is 16.0 Å². The van der Waals surface area contributed by atoms with Crippen molar-refractivity contribution >= 4 is 143 Å². The number of guanidine groups is 1. The molecule has 0 bridgehead atoms. The molecule has 0 spiro atoms. The van der Waals surface area contributed by atoms with Crippen molar-refractivity contribution in [1.29, 1.82) is 5.41 Å². The molecule has 1 aromatic rings. The molecule has 2 saturated heterocycles. The van der Waals surface area contributed by atoms with Gasteiger partial charge in [0.1, 0.15) is 84.3 Å². The second-order valence-electron chi connectivity index (χ2n) is 30.0. The van der Waals surface area contributed by atoms with Crippen molar-refractivity contribution in [3.8, 4) is 5.75 Å². The van der Waals surface area contributed by atoms with Crippen molar-refractivity contribution in [3.63, 3.8) is 0 Å². The normalized spacial score (nSPS) is 16.8. The van der Waals surface area contributed by atoms with Gasteiger partial charge in [-0.05, 0) is 114 Å². The van der Waals surface area contributed by atoms with E-state index in [2.05, 4.69) is 65.8 Å². The van der Waals surface area contributed by atoms with Gasteiger partial charge in [-0.3, -0.25) is 101 Å². The Morgan fingerprint density at radius 3 is 1.34 bits per heavy atom. The van der Waals surface area contributed by atoms with E-state index in [0.29, 0.717) is 5.56 Å². The van der Waals surface area contributed by atoms with Gasteiger partial charge in [0.25, 0.3) is 0 Å². The zero-order chi connectivity index (χ0) is 92.1.